The van der Waals surface area contributed by atoms with E-state index in [1.54, 1.807) is 80.0 Å². The molecule has 1 atom stereocenters. The van der Waals surface area contributed by atoms with E-state index in [2.05, 4.69) is 15.6 Å². The summed E-state index contributed by atoms with van der Waals surface area (Å²) < 4.78 is 5.30. The number of halogens is 1. The Hall–Kier alpha value is -3.91. The number of anilines is 2. The molecule has 1 heterocycles. The van der Waals surface area contributed by atoms with Crippen molar-refractivity contribution >= 4 is 40.8 Å². The van der Waals surface area contributed by atoms with Crippen LogP contribution in [0.2, 0.25) is 5.02 Å². The van der Waals surface area contributed by atoms with Gasteiger partial charge >= 0.3 is 0 Å². The van der Waals surface area contributed by atoms with Gasteiger partial charge in [0, 0.05) is 35.8 Å². The highest BCUT2D eigenvalue weighted by Gasteiger charge is 2.34. The van der Waals surface area contributed by atoms with Crippen LogP contribution in [0.25, 0.3) is 0 Å². The molecule has 0 spiro atoms. The summed E-state index contributed by atoms with van der Waals surface area (Å²) in [4.78, 5) is 45.6. The number of rotatable bonds is 11. The molecule has 204 valence electrons. The smallest absolute Gasteiger partial charge is 0.248 e. The number of benzene rings is 2. The van der Waals surface area contributed by atoms with Crippen LogP contribution in [0.5, 0.6) is 5.75 Å². The molecule has 2 aromatic carbocycles. The normalized spacial score (nSPS) is 13.9. The summed E-state index contributed by atoms with van der Waals surface area (Å²) >= 11 is 6.14. The van der Waals surface area contributed by atoms with Gasteiger partial charge in [-0.1, -0.05) is 42.6 Å². The average Bonchev–Trinajstić information content (AvgIpc) is 3.46. The van der Waals surface area contributed by atoms with Gasteiger partial charge in [-0.05, 0) is 73.4 Å². The molecule has 3 aromatic rings. The van der Waals surface area contributed by atoms with E-state index in [0.717, 1.165) is 25.7 Å². The fourth-order valence-corrected chi connectivity index (χ4v) is 4.88. The third kappa shape index (κ3) is 7.80. The lowest BCUT2D eigenvalue weighted by atomic mass is 10.0. The van der Waals surface area contributed by atoms with Crippen LogP contribution in [0.3, 0.4) is 0 Å². The van der Waals surface area contributed by atoms with Crippen molar-refractivity contribution in [1.82, 2.24) is 10.3 Å². The standard InChI is InChI=1S/C30H33ClN4O4/c1-39-25-18-16-24(17-19-25)35(28(37)11-6-10-27(36)34-26-9-4-5-20-32-26)29(21-12-14-22(31)15-13-21)30(38)33-23-7-2-3-8-23/h4-5,9,12-20,23,29H,2-3,6-8,10-11H2,1H3,(H,33,38)(H,32,34,36)/t29-/m1/s1. The van der Waals surface area contributed by atoms with Gasteiger partial charge in [-0.15, -0.1) is 0 Å². The van der Waals surface area contributed by atoms with E-state index in [1.165, 1.54) is 4.90 Å². The molecule has 1 aliphatic carbocycles. The maximum Gasteiger partial charge on any atom is 0.248 e. The molecule has 0 aliphatic heterocycles. The SMILES string of the molecule is COc1ccc(N(C(=O)CCCC(=O)Nc2ccccn2)[C@@H](C(=O)NC2CCCC2)c2ccc(Cl)cc2)cc1. The number of carbonyl (C=O) groups is 3. The third-order valence-corrected chi connectivity index (χ3v) is 6.99. The van der Waals surface area contributed by atoms with E-state index < -0.39 is 6.04 Å². The third-order valence-electron chi connectivity index (χ3n) is 6.74. The fourth-order valence-electron chi connectivity index (χ4n) is 4.76. The summed E-state index contributed by atoms with van der Waals surface area (Å²) in [5.74, 6) is 0.343. The first kappa shape index (κ1) is 28.1. The summed E-state index contributed by atoms with van der Waals surface area (Å²) in [6.45, 7) is 0. The number of ether oxygens (including phenoxy) is 1. The number of nitrogens with one attached hydrogen (secondary N) is 2. The predicted octanol–water partition coefficient (Wildman–Crippen LogP) is 5.69. The maximum absolute atomic E-state index is 13.8. The maximum atomic E-state index is 13.8. The summed E-state index contributed by atoms with van der Waals surface area (Å²) in [6, 6.07) is 18.4. The molecule has 1 aliphatic rings. The molecule has 0 saturated heterocycles. The molecule has 1 fully saturated rings. The molecule has 2 N–H and O–H groups in total. The molecule has 1 aromatic heterocycles. The zero-order chi connectivity index (χ0) is 27.6. The molecule has 39 heavy (non-hydrogen) atoms. The zero-order valence-corrected chi connectivity index (χ0v) is 22.7. The molecule has 3 amide bonds. The molecule has 4 rings (SSSR count). The number of hydrogen-bond acceptors (Lipinski definition) is 5. The first-order valence-electron chi connectivity index (χ1n) is 13.2. The Kier molecular flexibility index (Phi) is 9.91. The Morgan fingerprint density at radius 3 is 2.36 bits per heavy atom. The average molecular weight is 549 g/mol. The van der Waals surface area contributed by atoms with E-state index in [0.29, 0.717) is 34.3 Å². The van der Waals surface area contributed by atoms with Gasteiger partial charge in [0.15, 0.2) is 0 Å². The van der Waals surface area contributed by atoms with Crippen molar-refractivity contribution in [3.8, 4) is 5.75 Å². The highest BCUT2D eigenvalue weighted by molar-refractivity contribution is 6.30. The number of amides is 3. The van der Waals surface area contributed by atoms with E-state index in [9.17, 15) is 14.4 Å². The Morgan fingerprint density at radius 2 is 1.72 bits per heavy atom. The number of hydrogen-bond donors (Lipinski definition) is 2. The van der Waals surface area contributed by atoms with Crippen molar-refractivity contribution in [2.45, 2.75) is 57.0 Å². The van der Waals surface area contributed by atoms with Gasteiger partial charge in [0.05, 0.1) is 7.11 Å². The highest BCUT2D eigenvalue weighted by Crippen LogP contribution is 2.32. The first-order chi connectivity index (χ1) is 18.9. The second-order valence-corrected chi connectivity index (χ2v) is 9.96. The van der Waals surface area contributed by atoms with E-state index in [4.69, 9.17) is 16.3 Å². The zero-order valence-electron chi connectivity index (χ0n) is 21.9. The van der Waals surface area contributed by atoms with Gasteiger partial charge in [-0.25, -0.2) is 4.98 Å². The largest absolute Gasteiger partial charge is 0.497 e. The molecule has 9 heteroatoms. The van der Waals surface area contributed by atoms with Crippen LogP contribution in [0.15, 0.2) is 72.9 Å². The van der Waals surface area contributed by atoms with Crippen molar-refractivity contribution in [2.75, 3.05) is 17.3 Å². The topological polar surface area (TPSA) is 101 Å². The van der Waals surface area contributed by atoms with Crippen LogP contribution in [0, 0.1) is 0 Å². The molecule has 0 bridgehead atoms. The summed E-state index contributed by atoms with van der Waals surface area (Å²) in [5.41, 5.74) is 1.20. The highest BCUT2D eigenvalue weighted by atomic mass is 35.5. The molecular formula is C30H33ClN4O4. The second kappa shape index (κ2) is 13.8. The van der Waals surface area contributed by atoms with Crippen LogP contribution in [0.1, 0.15) is 56.6 Å². The minimum Gasteiger partial charge on any atom is -0.497 e. The van der Waals surface area contributed by atoms with Crippen LogP contribution in [-0.4, -0.2) is 35.9 Å². The van der Waals surface area contributed by atoms with Crippen molar-refractivity contribution in [1.29, 1.82) is 0 Å². The van der Waals surface area contributed by atoms with Gasteiger partial charge in [-0.2, -0.15) is 0 Å². The Morgan fingerprint density at radius 1 is 1.00 bits per heavy atom. The number of methoxy groups -OCH3 is 1. The Bertz CT molecular complexity index is 1250. The van der Waals surface area contributed by atoms with Gasteiger partial charge in [0.1, 0.15) is 17.6 Å². The van der Waals surface area contributed by atoms with Gasteiger partial charge in [0.25, 0.3) is 0 Å². The molecule has 8 nitrogen and oxygen atoms in total. The minimum absolute atomic E-state index is 0.0719. The molecule has 0 unspecified atom stereocenters. The predicted molar refractivity (Wildman–Crippen MR) is 152 cm³/mol. The lowest BCUT2D eigenvalue weighted by Crippen LogP contribution is -2.46. The molecule has 1 saturated carbocycles. The summed E-state index contributed by atoms with van der Waals surface area (Å²) in [7, 11) is 1.57. The minimum atomic E-state index is -0.911. The quantitative estimate of drug-likeness (QED) is 0.321. The van der Waals surface area contributed by atoms with E-state index >= 15 is 0 Å². The summed E-state index contributed by atoms with van der Waals surface area (Å²) in [5, 5.41) is 6.43. The van der Waals surface area contributed by atoms with Crippen molar-refractivity contribution in [3.63, 3.8) is 0 Å². The number of carbonyl (C=O) groups excluding carboxylic acids is 3. The summed E-state index contributed by atoms with van der Waals surface area (Å²) in [6.07, 6.45) is 6.08. The molecular weight excluding hydrogens is 516 g/mol. The van der Waals surface area contributed by atoms with E-state index in [-0.39, 0.29) is 36.6 Å². The van der Waals surface area contributed by atoms with E-state index in [1.807, 2.05) is 0 Å². The van der Waals surface area contributed by atoms with Gasteiger partial charge in [0.2, 0.25) is 17.7 Å². The van der Waals surface area contributed by atoms with Crippen molar-refractivity contribution in [3.05, 3.63) is 83.5 Å². The number of nitrogens with zero attached hydrogens (tertiary/aromatic N) is 2. The van der Waals surface area contributed by atoms with Crippen LogP contribution < -0.4 is 20.3 Å². The van der Waals surface area contributed by atoms with Gasteiger partial charge in [-0.3, -0.25) is 19.3 Å². The first-order valence-corrected chi connectivity index (χ1v) is 13.5. The molecule has 0 radical (unpaired) electrons. The lowest BCUT2D eigenvalue weighted by Gasteiger charge is -2.32. The number of aromatic nitrogens is 1. The second-order valence-electron chi connectivity index (χ2n) is 9.52. The Labute approximate surface area is 233 Å². The lowest BCUT2D eigenvalue weighted by molar-refractivity contribution is -0.127. The van der Waals surface area contributed by atoms with Gasteiger partial charge < -0.3 is 15.4 Å². The van der Waals surface area contributed by atoms with Crippen LogP contribution in [-0.2, 0) is 14.4 Å². The van der Waals surface area contributed by atoms with Crippen LogP contribution in [0.4, 0.5) is 11.5 Å². The Balaban J connectivity index is 1.57. The monoisotopic (exact) mass is 548 g/mol. The fraction of sp³-hybridized carbons (Fsp3) is 0.333. The van der Waals surface area contributed by atoms with Crippen molar-refractivity contribution < 1.29 is 19.1 Å². The van der Waals surface area contributed by atoms with Crippen molar-refractivity contribution in [2.24, 2.45) is 0 Å². The number of pyridine rings is 1. The van der Waals surface area contributed by atoms with Crippen LogP contribution >= 0.6 is 11.6 Å².